The van der Waals surface area contributed by atoms with E-state index < -0.39 is 17.4 Å². The Kier molecular flexibility index (Phi) is 6.35. The molecule has 0 atom stereocenters. The standard InChI is InChI=1S/C22H42O3/c1-13(2)20(14(3)4)21(15(5)6,16(7)8)24-19(23)25-22(20,17(9)10)18(11)12/h13-18H,1-12H3. The van der Waals surface area contributed by atoms with E-state index in [-0.39, 0.29) is 29.1 Å². The quantitative estimate of drug-likeness (QED) is 0.507. The molecule has 0 amide bonds. The van der Waals surface area contributed by atoms with Gasteiger partial charge in [0.1, 0.15) is 11.2 Å². The van der Waals surface area contributed by atoms with Gasteiger partial charge in [-0.3, -0.25) is 0 Å². The van der Waals surface area contributed by atoms with E-state index in [1.165, 1.54) is 0 Å². The summed E-state index contributed by atoms with van der Waals surface area (Å²) in [6.07, 6.45) is -0.498. The molecule has 1 saturated heterocycles. The first kappa shape index (κ1) is 22.3. The van der Waals surface area contributed by atoms with Crippen molar-refractivity contribution in [2.75, 3.05) is 0 Å². The van der Waals surface area contributed by atoms with Gasteiger partial charge in [-0.25, -0.2) is 4.79 Å². The van der Waals surface area contributed by atoms with Gasteiger partial charge < -0.3 is 9.47 Å². The third kappa shape index (κ3) is 2.63. The van der Waals surface area contributed by atoms with E-state index in [0.717, 1.165) is 0 Å². The first-order valence-corrected chi connectivity index (χ1v) is 10.2. The molecule has 3 heteroatoms. The van der Waals surface area contributed by atoms with Gasteiger partial charge in [0.05, 0.1) is 5.41 Å². The maximum Gasteiger partial charge on any atom is 0.509 e. The molecule has 0 saturated carbocycles. The minimum absolute atomic E-state index is 0.196. The fourth-order valence-corrected chi connectivity index (χ4v) is 6.96. The van der Waals surface area contributed by atoms with Crippen molar-refractivity contribution in [2.24, 2.45) is 40.9 Å². The molecule has 0 bridgehead atoms. The molecule has 1 rings (SSSR count). The van der Waals surface area contributed by atoms with Crippen molar-refractivity contribution in [1.82, 2.24) is 0 Å². The zero-order valence-electron chi connectivity index (χ0n) is 18.7. The van der Waals surface area contributed by atoms with Crippen molar-refractivity contribution in [3.63, 3.8) is 0 Å². The van der Waals surface area contributed by atoms with Crippen molar-refractivity contribution in [3.8, 4) is 0 Å². The van der Waals surface area contributed by atoms with Gasteiger partial charge in [0.15, 0.2) is 0 Å². The number of carbonyl (C=O) groups excluding carboxylic acids is 1. The Morgan fingerprint density at radius 2 is 0.760 bits per heavy atom. The highest BCUT2D eigenvalue weighted by Gasteiger charge is 2.75. The van der Waals surface area contributed by atoms with E-state index >= 15 is 0 Å². The Hall–Kier alpha value is -0.730. The predicted octanol–water partition coefficient (Wildman–Crippen LogP) is 6.55. The van der Waals surface area contributed by atoms with Crippen LogP contribution in [0.5, 0.6) is 0 Å². The Bertz CT molecular complexity index is 414. The molecule has 0 N–H and O–H groups in total. The largest absolute Gasteiger partial charge is 0.509 e. The number of ether oxygens (including phenoxy) is 2. The number of cyclic esters (lactones) is 2. The van der Waals surface area contributed by atoms with Crippen LogP contribution in [0.4, 0.5) is 4.79 Å². The van der Waals surface area contributed by atoms with Gasteiger partial charge in [0, 0.05) is 0 Å². The molecule has 0 aromatic heterocycles. The normalized spacial score (nSPS) is 22.2. The molecule has 3 nitrogen and oxygen atoms in total. The van der Waals surface area contributed by atoms with Crippen LogP contribution < -0.4 is 0 Å². The number of rotatable bonds is 6. The zero-order chi connectivity index (χ0) is 20.0. The molecule has 1 fully saturated rings. The van der Waals surface area contributed by atoms with Gasteiger partial charge in [0.2, 0.25) is 0 Å². The highest BCUT2D eigenvalue weighted by molar-refractivity contribution is 5.64. The lowest BCUT2D eigenvalue weighted by molar-refractivity contribution is -0.340. The molecular weight excluding hydrogens is 312 g/mol. The van der Waals surface area contributed by atoms with Crippen molar-refractivity contribution in [3.05, 3.63) is 0 Å². The van der Waals surface area contributed by atoms with Crippen LogP contribution in [0.3, 0.4) is 0 Å². The van der Waals surface area contributed by atoms with E-state index in [2.05, 4.69) is 83.1 Å². The van der Waals surface area contributed by atoms with E-state index in [1.807, 2.05) is 0 Å². The SMILES string of the molecule is CC(C)C1(C(C)C)OC(=O)OC(C(C)C)(C(C)C)C1(C(C)C)C(C)C. The summed E-state index contributed by atoms with van der Waals surface area (Å²) in [7, 11) is 0. The fourth-order valence-electron chi connectivity index (χ4n) is 6.96. The summed E-state index contributed by atoms with van der Waals surface area (Å²) in [5.41, 5.74) is -1.43. The first-order chi connectivity index (χ1) is 11.3. The van der Waals surface area contributed by atoms with E-state index in [4.69, 9.17) is 9.47 Å². The molecule has 148 valence electrons. The summed E-state index contributed by atoms with van der Waals surface area (Å²) < 4.78 is 12.5. The lowest BCUT2D eigenvalue weighted by atomic mass is 9.42. The van der Waals surface area contributed by atoms with Gasteiger partial charge in [-0.05, 0) is 35.5 Å². The van der Waals surface area contributed by atoms with Crippen LogP contribution in [0, 0.1) is 40.9 Å². The second-order valence-electron chi connectivity index (χ2n) is 9.84. The predicted molar refractivity (Wildman–Crippen MR) is 104 cm³/mol. The summed E-state index contributed by atoms with van der Waals surface area (Å²) >= 11 is 0. The average Bonchev–Trinajstić information content (AvgIpc) is 2.43. The minimum atomic E-state index is -0.570. The van der Waals surface area contributed by atoms with Gasteiger partial charge in [-0.2, -0.15) is 0 Å². The zero-order valence-corrected chi connectivity index (χ0v) is 18.7. The van der Waals surface area contributed by atoms with Crippen LogP contribution in [-0.2, 0) is 9.47 Å². The lowest BCUT2D eigenvalue weighted by Crippen LogP contribution is -2.78. The monoisotopic (exact) mass is 354 g/mol. The summed E-state index contributed by atoms with van der Waals surface area (Å²) in [5, 5.41) is 0. The maximum atomic E-state index is 12.8. The number of carbonyl (C=O) groups is 1. The summed E-state index contributed by atoms with van der Waals surface area (Å²) in [6, 6.07) is 0. The van der Waals surface area contributed by atoms with Crippen molar-refractivity contribution in [2.45, 2.75) is 94.3 Å². The molecule has 0 aromatic carbocycles. The molecule has 1 aliphatic heterocycles. The third-order valence-electron chi connectivity index (χ3n) is 7.05. The molecular formula is C22H42O3. The Morgan fingerprint density at radius 3 is 0.920 bits per heavy atom. The van der Waals surface area contributed by atoms with E-state index in [0.29, 0.717) is 11.8 Å². The molecule has 0 aliphatic carbocycles. The smallest absolute Gasteiger partial charge is 0.426 e. The van der Waals surface area contributed by atoms with Gasteiger partial charge in [-0.15, -0.1) is 0 Å². The van der Waals surface area contributed by atoms with E-state index in [9.17, 15) is 4.79 Å². The van der Waals surface area contributed by atoms with Crippen molar-refractivity contribution in [1.29, 1.82) is 0 Å². The second-order valence-corrected chi connectivity index (χ2v) is 9.84. The second kappa shape index (κ2) is 7.12. The highest BCUT2D eigenvalue weighted by atomic mass is 16.8. The first-order valence-electron chi connectivity index (χ1n) is 10.2. The third-order valence-corrected chi connectivity index (χ3v) is 7.05. The fraction of sp³-hybridized carbons (Fsp3) is 0.955. The highest BCUT2D eigenvalue weighted by Crippen LogP contribution is 2.67. The maximum absolute atomic E-state index is 12.8. The Balaban J connectivity index is 4.11. The van der Waals surface area contributed by atoms with Crippen molar-refractivity contribution >= 4 is 6.16 Å². The van der Waals surface area contributed by atoms with Gasteiger partial charge >= 0.3 is 6.16 Å². The average molecular weight is 355 g/mol. The van der Waals surface area contributed by atoms with Crippen LogP contribution >= 0.6 is 0 Å². The molecule has 1 aliphatic rings. The Morgan fingerprint density at radius 1 is 0.520 bits per heavy atom. The van der Waals surface area contributed by atoms with Crippen molar-refractivity contribution < 1.29 is 14.3 Å². The topological polar surface area (TPSA) is 35.5 Å². The Labute approximate surface area is 156 Å². The van der Waals surface area contributed by atoms with Gasteiger partial charge in [-0.1, -0.05) is 83.1 Å². The number of hydrogen-bond acceptors (Lipinski definition) is 3. The molecule has 0 radical (unpaired) electrons. The summed E-state index contributed by atoms with van der Waals surface area (Å²) in [4.78, 5) is 12.8. The lowest BCUT2D eigenvalue weighted by Gasteiger charge is -2.70. The van der Waals surface area contributed by atoms with Crippen LogP contribution in [0.1, 0.15) is 83.1 Å². The molecule has 0 aromatic rings. The summed E-state index contributed by atoms with van der Waals surface area (Å²) in [6.45, 7) is 26.7. The van der Waals surface area contributed by atoms with E-state index in [1.54, 1.807) is 0 Å². The molecule has 0 spiro atoms. The van der Waals surface area contributed by atoms with Crippen LogP contribution in [0.2, 0.25) is 0 Å². The molecule has 25 heavy (non-hydrogen) atoms. The minimum Gasteiger partial charge on any atom is -0.426 e. The molecule has 1 heterocycles. The van der Waals surface area contributed by atoms with Crippen LogP contribution in [-0.4, -0.2) is 17.4 Å². The van der Waals surface area contributed by atoms with Gasteiger partial charge in [0.25, 0.3) is 0 Å². The molecule has 0 unspecified atom stereocenters. The summed E-state index contributed by atoms with van der Waals surface area (Å²) in [5.74, 6) is 1.39. The van der Waals surface area contributed by atoms with Crippen LogP contribution in [0.25, 0.3) is 0 Å². The van der Waals surface area contributed by atoms with Crippen LogP contribution in [0.15, 0.2) is 0 Å². The number of hydrogen-bond donors (Lipinski definition) is 0.